The van der Waals surface area contributed by atoms with Crippen molar-refractivity contribution in [2.75, 3.05) is 18.4 Å². The van der Waals surface area contributed by atoms with Crippen molar-refractivity contribution >= 4 is 21.6 Å². The Bertz CT molecular complexity index is 908. The Morgan fingerprint density at radius 3 is 2.31 bits per heavy atom. The van der Waals surface area contributed by atoms with E-state index in [9.17, 15) is 13.2 Å². The lowest BCUT2D eigenvalue weighted by Gasteiger charge is -2.20. The number of carbonyl (C=O) groups is 1. The van der Waals surface area contributed by atoms with Gasteiger partial charge in [-0.05, 0) is 44.0 Å². The fourth-order valence-corrected chi connectivity index (χ4v) is 4.44. The van der Waals surface area contributed by atoms with Crippen molar-refractivity contribution in [3.05, 3.63) is 54.1 Å². The Labute approximate surface area is 173 Å². The minimum Gasteiger partial charge on any atom is -0.489 e. The van der Waals surface area contributed by atoms with Crippen molar-refractivity contribution in [2.24, 2.45) is 0 Å². The molecule has 0 saturated heterocycles. The van der Waals surface area contributed by atoms with E-state index >= 15 is 0 Å². The van der Waals surface area contributed by atoms with Gasteiger partial charge in [0.1, 0.15) is 5.75 Å². The van der Waals surface area contributed by atoms with Crippen LogP contribution < -0.4 is 10.1 Å². The molecule has 0 bridgehead atoms. The van der Waals surface area contributed by atoms with Crippen LogP contribution in [0.15, 0.2) is 53.4 Å². The van der Waals surface area contributed by atoms with Gasteiger partial charge in [0.15, 0.2) is 0 Å². The van der Waals surface area contributed by atoms with E-state index in [0.717, 1.165) is 5.56 Å². The molecule has 0 aromatic heterocycles. The Morgan fingerprint density at radius 2 is 1.72 bits per heavy atom. The summed E-state index contributed by atoms with van der Waals surface area (Å²) in [6, 6.07) is 14.3. The summed E-state index contributed by atoms with van der Waals surface area (Å²) < 4.78 is 32.8. The monoisotopic (exact) mass is 418 g/mol. The summed E-state index contributed by atoms with van der Waals surface area (Å²) in [5.74, 6) is 0.256. The number of aryl methyl sites for hydroxylation is 1. The first kappa shape index (κ1) is 22.9. The van der Waals surface area contributed by atoms with Crippen molar-refractivity contribution in [2.45, 2.75) is 51.5 Å². The van der Waals surface area contributed by atoms with E-state index in [2.05, 4.69) is 5.32 Å². The fraction of sp³-hybridized carbons (Fsp3) is 0.409. The normalized spacial score (nSPS) is 11.7. The smallest absolute Gasteiger partial charge is 0.243 e. The van der Waals surface area contributed by atoms with Crippen molar-refractivity contribution < 1.29 is 17.9 Å². The van der Waals surface area contributed by atoms with Crippen LogP contribution in [0.2, 0.25) is 0 Å². The lowest BCUT2D eigenvalue weighted by atomic mass is 10.1. The third-order valence-corrected chi connectivity index (χ3v) is 6.46. The third kappa shape index (κ3) is 6.30. The van der Waals surface area contributed by atoms with Gasteiger partial charge in [-0.1, -0.05) is 44.2 Å². The standard InChI is InChI=1S/C22H30N2O4S/c1-5-24(6-2)29(26,27)19-13-14-21(28-17(3)4)20(16-19)23-22(25)15-12-18-10-8-7-9-11-18/h7-11,13-14,16-17H,5-6,12,15H2,1-4H3,(H,23,25). The summed E-state index contributed by atoms with van der Waals surface area (Å²) in [7, 11) is -3.63. The predicted molar refractivity (Wildman–Crippen MR) is 116 cm³/mol. The number of rotatable bonds is 10. The molecule has 29 heavy (non-hydrogen) atoms. The maximum atomic E-state index is 12.8. The molecule has 158 valence electrons. The molecule has 0 aliphatic heterocycles. The second-order valence-electron chi connectivity index (χ2n) is 6.95. The summed E-state index contributed by atoms with van der Waals surface area (Å²) in [4.78, 5) is 12.6. The van der Waals surface area contributed by atoms with E-state index in [0.29, 0.717) is 30.9 Å². The highest BCUT2D eigenvalue weighted by Gasteiger charge is 2.23. The molecule has 0 aliphatic carbocycles. The van der Waals surface area contributed by atoms with Crippen LogP contribution in [0.4, 0.5) is 5.69 Å². The van der Waals surface area contributed by atoms with Crippen LogP contribution in [-0.2, 0) is 21.2 Å². The number of ether oxygens (including phenoxy) is 1. The minimum atomic E-state index is -3.63. The number of benzene rings is 2. The lowest BCUT2D eigenvalue weighted by molar-refractivity contribution is -0.116. The molecule has 1 N–H and O–H groups in total. The van der Waals surface area contributed by atoms with Crippen molar-refractivity contribution in [1.29, 1.82) is 0 Å². The lowest BCUT2D eigenvalue weighted by Crippen LogP contribution is -2.30. The SMILES string of the molecule is CCN(CC)S(=O)(=O)c1ccc(OC(C)C)c(NC(=O)CCc2ccccc2)c1. The Morgan fingerprint density at radius 1 is 1.07 bits per heavy atom. The van der Waals surface area contributed by atoms with Gasteiger partial charge in [-0.3, -0.25) is 4.79 Å². The van der Waals surface area contributed by atoms with Crippen LogP contribution in [0.3, 0.4) is 0 Å². The first-order valence-corrected chi connectivity index (χ1v) is 11.4. The number of sulfonamides is 1. The molecule has 0 heterocycles. The van der Waals surface area contributed by atoms with E-state index in [1.807, 2.05) is 44.2 Å². The van der Waals surface area contributed by atoms with Crippen LogP contribution in [0.25, 0.3) is 0 Å². The molecule has 0 radical (unpaired) electrons. The molecule has 2 rings (SSSR count). The number of nitrogens with zero attached hydrogens (tertiary/aromatic N) is 1. The average molecular weight is 419 g/mol. The number of carbonyl (C=O) groups excluding carboxylic acids is 1. The molecular formula is C22H30N2O4S. The Hall–Kier alpha value is -2.38. The molecule has 0 saturated carbocycles. The van der Waals surface area contributed by atoms with Crippen molar-refractivity contribution in [3.8, 4) is 5.75 Å². The van der Waals surface area contributed by atoms with Crippen LogP contribution in [0.5, 0.6) is 5.75 Å². The first-order valence-electron chi connectivity index (χ1n) is 9.92. The molecule has 2 aromatic rings. The quantitative estimate of drug-likeness (QED) is 0.631. The highest BCUT2D eigenvalue weighted by Crippen LogP contribution is 2.30. The number of hydrogen-bond donors (Lipinski definition) is 1. The van der Waals surface area contributed by atoms with Crippen molar-refractivity contribution in [3.63, 3.8) is 0 Å². The number of anilines is 1. The molecule has 6 nitrogen and oxygen atoms in total. The number of nitrogens with one attached hydrogen (secondary N) is 1. The van der Waals surface area contributed by atoms with Gasteiger partial charge in [0, 0.05) is 19.5 Å². The van der Waals surface area contributed by atoms with Gasteiger partial charge in [-0.2, -0.15) is 4.31 Å². The topological polar surface area (TPSA) is 75.7 Å². The maximum Gasteiger partial charge on any atom is 0.243 e. The van der Waals surface area contributed by atoms with Gasteiger partial charge in [0.05, 0.1) is 16.7 Å². The zero-order valence-electron chi connectivity index (χ0n) is 17.5. The van der Waals surface area contributed by atoms with E-state index < -0.39 is 10.0 Å². The summed E-state index contributed by atoms with van der Waals surface area (Å²) >= 11 is 0. The highest BCUT2D eigenvalue weighted by molar-refractivity contribution is 7.89. The fourth-order valence-electron chi connectivity index (χ4n) is 2.95. The number of hydrogen-bond acceptors (Lipinski definition) is 4. The molecule has 0 fully saturated rings. The van der Waals surface area contributed by atoms with E-state index in [1.54, 1.807) is 19.9 Å². The summed E-state index contributed by atoms with van der Waals surface area (Å²) in [5, 5.41) is 2.83. The second-order valence-corrected chi connectivity index (χ2v) is 8.89. The molecule has 0 atom stereocenters. The van der Waals surface area contributed by atoms with Gasteiger partial charge in [0.2, 0.25) is 15.9 Å². The van der Waals surface area contributed by atoms with Gasteiger partial charge < -0.3 is 10.1 Å². The summed E-state index contributed by atoms with van der Waals surface area (Å²) in [6.07, 6.45) is 0.781. The van der Waals surface area contributed by atoms with Gasteiger partial charge in [-0.15, -0.1) is 0 Å². The molecule has 0 aliphatic rings. The maximum absolute atomic E-state index is 12.8. The van der Waals surface area contributed by atoms with Crippen LogP contribution in [0, 0.1) is 0 Å². The summed E-state index contributed by atoms with van der Waals surface area (Å²) in [6.45, 7) is 8.10. The van der Waals surface area contributed by atoms with Gasteiger partial charge in [-0.25, -0.2) is 8.42 Å². The molecular weight excluding hydrogens is 388 g/mol. The summed E-state index contributed by atoms with van der Waals surface area (Å²) in [5.41, 5.74) is 1.43. The minimum absolute atomic E-state index is 0.111. The van der Waals surface area contributed by atoms with E-state index in [4.69, 9.17) is 4.74 Å². The second kappa shape index (κ2) is 10.4. The van der Waals surface area contributed by atoms with E-state index in [-0.39, 0.29) is 23.3 Å². The highest BCUT2D eigenvalue weighted by atomic mass is 32.2. The Kier molecular flexibility index (Phi) is 8.22. The third-order valence-electron chi connectivity index (χ3n) is 4.41. The van der Waals surface area contributed by atoms with Gasteiger partial charge >= 0.3 is 0 Å². The van der Waals surface area contributed by atoms with Crippen LogP contribution >= 0.6 is 0 Å². The Balaban J connectivity index is 2.25. The first-order chi connectivity index (χ1) is 13.8. The molecule has 0 spiro atoms. The van der Waals surface area contributed by atoms with Crippen LogP contribution in [-0.4, -0.2) is 37.8 Å². The zero-order valence-corrected chi connectivity index (χ0v) is 18.3. The average Bonchev–Trinajstić information content (AvgIpc) is 2.69. The predicted octanol–water partition coefficient (Wildman–Crippen LogP) is 4.08. The molecule has 7 heteroatoms. The molecule has 0 unspecified atom stereocenters. The van der Waals surface area contributed by atoms with E-state index in [1.165, 1.54) is 16.4 Å². The van der Waals surface area contributed by atoms with Crippen LogP contribution in [0.1, 0.15) is 39.7 Å². The van der Waals surface area contributed by atoms with Gasteiger partial charge in [0.25, 0.3) is 0 Å². The van der Waals surface area contributed by atoms with Crippen molar-refractivity contribution in [1.82, 2.24) is 4.31 Å². The largest absolute Gasteiger partial charge is 0.489 e. The zero-order chi connectivity index (χ0) is 21.4. The molecule has 1 amide bonds. The number of amides is 1. The molecule has 2 aromatic carbocycles.